The fraction of sp³-hybridized carbons (Fsp3) is 0.462. The van der Waals surface area contributed by atoms with E-state index in [4.69, 9.17) is 11.6 Å². The van der Waals surface area contributed by atoms with Crippen LogP contribution in [0.25, 0.3) is 0 Å². The molecule has 0 bridgehead atoms. The molecule has 4 heteroatoms. The third kappa shape index (κ3) is 2.29. The van der Waals surface area contributed by atoms with Crippen LogP contribution < -0.4 is 4.90 Å². The van der Waals surface area contributed by atoms with Crippen molar-refractivity contribution in [3.63, 3.8) is 0 Å². The van der Waals surface area contributed by atoms with E-state index < -0.39 is 0 Å². The van der Waals surface area contributed by atoms with Crippen LogP contribution in [-0.4, -0.2) is 18.4 Å². The first-order valence-electron chi connectivity index (χ1n) is 5.75. The van der Waals surface area contributed by atoms with E-state index in [2.05, 4.69) is 0 Å². The Morgan fingerprint density at radius 2 is 2.12 bits per heavy atom. The molecule has 0 saturated carbocycles. The van der Waals surface area contributed by atoms with Gasteiger partial charge in [0, 0.05) is 24.9 Å². The van der Waals surface area contributed by atoms with Crippen LogP contribution in [0.3, 0.4) is 0 Å². The highest BCUT2D eigenvalue weighted by Gasteiger charge is 2.31. The second-order valence-electron chi connectivity index (χ2n) is 4.53. The average molecular weight is 256 g/mol. The molecule has 0 N–H and O–H groups in total. The molecule has 17 heavy (non-hydrogen) atoms. The van der Waals surface area contributed by atoms with Gasteiger partial charge in [-0.05, 0) is 25.1 Å². The summed E-state index contributed by atoms with van der Waals surface area (Å²) in [7, 11) is 0. The number of halogens is 2. The Morgan fingerprint density at radius 1 is 1.41 bits per heavy atom. The van der Waals surface area contributed by atoms with Crippen molar-refractivity contribution in [1.29, 1.82) is 0 Å². The number of carbonyl (C=O) groups excluding carboxylic acids is 1. The van der Waals surface area contributed by atoms with Gasteiger partial charge in [0.2, 0.25) is 0 Å². The van der Waals surface area contributed by atoms with Gasteiger partial charge in [0.25, 0.3) is 0 Å². The van der Waals surface area contributed by atoms with Crippen molar-refractivity contribution in [2.75, 3.05) is 11.4 Å². The first-order chi connectivity index (χ1) is 8.00. The Labute approximate surface area is 105 Å². The highest BCUT2D eigenvalue weighted by atomic mass is 35.5. The van der Waals surface area contributed by atoms with Crippen LogP contribution in [-0.2, 0) is 4.79 Å². The number of benzene rings is 1. The van der Waals surface area contributed by atoms with Crippen molar-refractivity contribution < 1.29 is 9.18 Å². The Bertz CT molecular complexity index is 449. The molecule has 2 nitrogen and oxygen atoms in total. The average Bonchev–Trinajstić information content (AvgIpc) is 2.30. The highest BCUT2D eigenvalue weighted by Crippen LogP contribution is 2.32. The zero-order valence-electron chi connectivity index (χ0n) is 9.91. The van der Waals surface area contributed by atoms with Crippen LogP contribution in [0.1, 0.15) is 20.3 Å². The van der Waals surface area contributed by atoms with Crippen LogP contribution >= 0.6 is 11.6 Å². The van der Waals surface area contributed by atoms with Crippen LogP contribution in [0.15, 0.2) is 18.2 Å². The largest absolute Gasteiger partial charge is 0.366 e. The van der Waals surface area contributed by atoms with Crippen LogP contribution in [0.4, 0.5) is 10.1 Å². The molecule has 0 aromatic heterocycles. The number of piperidine rings is 1. The fourth-order valence-electron chi connectivity index (χ4n) is 2.25. The summed E-state index contributed by atoms with van der Waals surface area (Å²) in [6.45, 7) is 4.49. The van der Waals surface area contributed by atoms with Crippen LogP contribution in [0.2, 0.25) is 5.02 Å². The zero-order valence-corrected chi connectivity index (χ0v) is 10.7. The van der Waals surface area contributed by atoms with Gasteiger partial charge < -0.3 is 4.90 Å². The summed E-state index contributed by atoms with van der Waals surface area (Å²) >= 11 is 6.09. The molecule has 1 heterocycles. The van der Waals surface area contributed by atoms with Crippen molar-refractivity contribution >= 4 is 23.1 Å². The first kappa shape index (κ1) is 12.4. The molecule has 1 fully saturated rings. The first-order valence-corrected chi connectivity index (χ1v) is 6.13. The van der Waals surface area contributed by atoms with E-state index >= 15 is 0 Å². The lowest BCUT2D eigenvalue weighted by Gasteiger charge is -2.39. The summed E-state index contributed by atoms with van der Waals surface area (Å²) in [5.41, 5.74) is 0.679. The molecule has 0 spiro atoms. The third-order valence-corrected chi connectivity index (χ3v) is 3.86. The van der Waals surface area contributed by atoms with Gasteiger partial charge in [0.05, 0.1) is 10.7 Å². The molecule has 0 amide bonds. The predicted octanol–water partition coefficient (Wildman–Crippen LogP) is 3.28. The molecule has 1 aliphatic rings. The molecule has 2 unspecified atom stereocenters. The van der Waals surface area contributed by atoms with Crippen LogP contribution in [0, 0.1) is 11.7 Å². The number of ketones is 1. The molecule has 0 radical (unpaired) electrons. The van der Waals surface area contributed by atoms with Gasteiger partial charge >= 0.3 is 0 Å². The quantitative estimate of drug-likeness (QED) is 0.768. The third-order valence-electron chi connectivity index (χ3n) is 3.54. The summed E-state index contributed by atoms with van der Waals surface area (Å²) in [5.74, 6) is -0.0782. The highest BCUT2D eigenvalue weighted by molar-refractivity contribution is 6.33. The number of anilines is 1. The monoisotopic (exact) mass is 255 g/mol. The minimum Gasteiger partial charge on any atom is -0.366 e. The lowest BCUT2D eigenvalue weighted by molar-refractivity contribution is -0.123. The van der Waals surface area contributed by atoms with Crippen molar-refractivity contribution in [3.05, 3.63) is 29.0 Å². The van der Waals surface area contributed by atoms with Gasteiger partial charge in [0.1, 0.15) is 11.6 Å². The van der Waals surface area contributed by atoms with E-state index in [0.717, 1.165) is 0 Å². The number of hydrogen-bond acceptors (Lipinski definition) is 2. The van der Waals surface area contributed by atoms with Gasteiger partial charge in [0.15, 0.2) is 0 Å². The summed E-state index contributed by atoms with van der Waals surface area (Å²) in [6, 6.07) is 4.38. The maximum atomic E-state index is 13.3. The van der Waals surface area contributed by atoms with E-state index in [9.17, 15) is 9.18 Å². The maximum Gasteiger partial charge on any atom is 0.139 e. The zero-order chi connectivity index (χ0) is 12.6. The minimum absolute atomic E-state index is 0.0388. The molecule has 2 atom stereocenters. The predicted molar refractivity (Wildman–Crippen MR) is 67.0 cm³/mol. The smallest absolute Gasteiger partial charge is 0.139 e. The van der Waals surface area contributed by atoms with E-state index in [0.29, 0.717) is 23.7 Å². The summed E-state index contributed by atoms with van der Waals surface area (Å²) in [5, 5.41) is 0.528. The number of hydrogen-bond donors (Lipinski definition) is 0. The topological polar surface area (TPSA) is 20.3 Å². The van der Waals surface area contributed by atoms with Gasteiger partial charge in [-0.2, -0.15) is 0 Å². The molecule has 2 rings (SSSR count). The number of rotatable bonds is 1. The molecule has 1 saturated heterocycles. The summed E-state index contributed by atoms with van der Waals surface area (Å²) in [4.78, 5) is 13.6. The van der Waals surface area contributed by atoms with Crippen molar-refractivity contribution in [3.8, 4) is 0 Å². The Kier molecular flexibility index (Phi) is 3.38. The lowest BCUT2D eigenvalue weighted by atomic mass is 9.90. The molecule has 92 valence electrons. The molecular weight excluding hydrogens is 241 g/mol. The fourth-order valence-corrected chi connectivity index (χ4v) is 2.47. The second-order valence-corrected chi connectivity index (χ2v) is 4.94. The van der Waals surface area contributed by atoms with E-state index in [1.807, 2.05) is 18.7 Å². The maximum absolute atomic E-state index is 13.3. The van der Waals surface area contributed by atoms with E-state index in [1.54, 1.807) is 6.07 Å². The molecule has 0 aliphatic carbocycles. The lowest BCUT2D eigenvalue weighted by Crippen LogP contribution is -2.47. The normalized spacial score (nSPS) is 25.2. The van der Waals surface area contributed by atoms with Crippen molar-refractivity contribution in [1.82, 2.24) is 0 Å². The summed E-state index contributed by atoms with van der Waals surface area (Å²) < 4.78 is 13.3. The van der Waals surface area contributed by atoms with Gasteiger partial charge in [-0.25, -0.2) is 4.39 Å². The Balaban J connectivity index is 2.33. The van der Waals surface area contributed by atoms with Crippen LogP contribution in [0.5, 0.6) is 0 Å². The number of Topliss-reactive ketones (excluding diaryl/α,β-unsaturated/α-hetero) is 1. The molecule has 1 aromatic carbocycles. The van der Waals surface area contributed by atoms with Crippen molar-refractivity contribution in [2.45, 2.75) is 26.3 Å². The standard InChI is InChI=1S/C13H15ClFNO/c1-8-9(2)16(6-5-13(8)17)12-7-10(15)3-4-11(12)14/h3-4,7-9H,5-6H2,1-2H3. The van der Waals surface area contributed by atoms with Crippen molar-refractivity contribution in [2.24, 2.45) is 5.92 Å². The van der Waals surface area contributed by atoms with E-state index in [-0.39, 0.29) is 23.6 Å². The SMILES string of the molecule is CC1C(=O)CCN(c2cc(F)ccc2Cl)C1C. The number of carbonyl (C=O) groups is 1. The molecular formula is C13H15ClFNO. The Morgan fingerprint density at radius 3 is 2.82 bits per heavy atom. The van der Waals surface area contributed by atoms with Gasteiger partial charge in [-0.3, -0.25) is 4.79 Å². The Hall–Kier alpha value is -1.09. The molecule has 1 aliphatic heterocycles. The number of nitrogens with zero attached hydrogens (tertiary/aromatic N) is 1. The minimum atomic E-state index is -0.304. The summed E-state index contributed by atoms with van der Waals surface area (Å²) in [6.07, 6.45) is 0.498. The van der Waals surface area contributed by atoms with E-state index in [1.165, 1.54) is 12.1 Å². The van der Waals surface area contributed by atoms with Gasteiger partial charge in [-0.15, -0.1) is 0 Å². The second kappa shape index (κ2) is 4.65. The molecule has 1 aromatic rings. The van der Waals surface area contributed by atoms with Gasteiger partial charge in [-0.1, -0.05) is 18.5 Å².